The molecule has 0 aromatic heterocycles. The van der Waals surface area contributed by atoms with Crippen LogP contribution in [0.2, 0.25) is 0 Å². The van der Waals surface area contributed by atoms with E-state index in [1.807, 2.05) is 13.8 Å². The number of rotatable bonds is 5. The Kier molecular flexibility index (Phi) is 9.95. The van der Waals surface area contributed by atoms with Crippen molar-refractivity contribution in [2.45, 2.75) is 52.1 Å². The van der Waals surface area contributed by atoms with Crippen molar-refractivity contribution in [3.63, 3.8) is 0 Å². The molecule has 1 saturated carbocycles. The van der Waals surface area contributed by atoms with Crippen LogP contribution in [0.25, 0.3) is 0 Å². The number of carbonyl (C=O) groups is 1. The topological polar surface area (TPSA) is 74.2 Å². The molecule has 1 saturated heterocycles. The summed E-state index contributed by atoms with van der Waals surface area (Å²) in [5.74, 6) is 0.971. The van der Waals surface area contributed by atoms with Crippen molar-refractivity contribution in [1.29, 1.82) is 0 Å². The van der Waals surface area contributed by atoms with Crippen LogP contribution in [0.5, 0.6) is 0 Å². The highest BCUT2D eigenvalue weighted by Gasteiger charge is 2.29. The van der Waals surface area contributed by atoms with E-state index in [1.165, 1.54) is 0 Å². The van der Waals surface area contributed by atoms with Gasteiger partial charge in [-0.1, -0.05) is 6.42 Å². The van der Waals surface area contributed by atoms with Gasteiger partial charge in [-0.25, -0.2) is 0 Å². The second-order valence-corrected chi connectivity index (χ2v) is 6.49. The van der Waals surface area contributed by atoms with Crippen molar-refractivity contribution in [2.75, 3.05) is 32.8 Å². The molecule has 3 unspecified atom stereocenters. The molecule has 0 spiro atoms. The number of piperidine rings is 1. The number of esters is 1. The Morgan fingerprint density at radius 1 is 1.29 bits per heavy atom. The molecule has 1 aliphatic carbocycles. The molecule has 2 N–H and O–H groups in total. The summed E-state index contributed by atoms with van der Waals surface area (Å²) in [5, 5.41) is 13.3. The molecule has 3 atom stereocenters. The van der Waals surface area contributed by atoms with Crippen LogP contribution in [0, 0.1) is 11.8 Å². The fourth-order valence-corrected chi connectivity index (χ4v) is 3.48. The first-order valence-corrected chi connectivity index (χ1v) is 9.03. The van der Waals surface area contributed by atoms with Gasteiger partial charge in [-0.3, -0.25) is 9.79 Å². The quantitative estimate of drug-likeness (QED) is 0.288. The molecule has 0 amide bonds. The van der Waals surface area contributed by atoms with E-state index in [9.17, 15) is 9.90 Å². The lowest BCUT2D eigenvalue weighted by molar-refractivity contribution is -0.149. The van der Waals surface area contributed by atoms with Crippen LogP contribution in [-0.4, -0.2) is 60.8 Å². The summed E-state index contributed by atoms with van der Waals surface area (Å²) >= 11 is 0. The fourth-order valence-electron chi connectivity index (χ4n) is 3.48. The van der Waals surface area contributed by atoms with Gasteiger partial charge in [0.05, 0.1) is 18.6 Å². The third-order valence-corrected chi connectivity index (χ3v) is 4.77. The molecular formula is C17H32IN3O3. The van der Waals surface area contributed by atoms with Gasteiger partial charge in [0.15, 0.2) is 5.96 Å². The van der Waals surface area contributed by atoms with Crippen LogP contribution in [0.15, 0.2) is 4.99 Å². The monoisotopic (exact) mass is 453 g/mol. The van der Waals surface area contributed by atoms with Crippen molar-refractivity contribution in [3.05, 3.63) is 0 Å². The average Bonchev–Trinajstić information content (AvgIpc) is 2.97. The molecule has 0 bridgehead atoms. The van der Waals surface area contributed by atoms with E-state index < -0.39 is 0 Å². The van der Waals surface area contributed by atoms with E-state index in [4.69, 9.17) is 9.73 Å². The van der Waals surface area contributed by atoms with Gasteiger partial charge in [-0.15, -0.1) is 24.0 Å². The number of halogens is 1. The van der Waals surface area contributed by atoms with E-state index in [-0.39, 0.29) is 47.9 Å². The standard InChI is InChI=1S/C17H31N3O3.HI/c1-3-18-17(19-11-13-7-5-9-15(13)21)20-10-6-8-14(12-20)16(22)23-4-2;/h13-15,21H,3-12H2,1-2H3,(H,18,19);1H. The zero-order chi connectivity index (χ0) is 16.7. The third-order valence-electron chi connectivity index (χ3n) is 4.77. The summed E-state index contributed by atoms with van der Waals surface area (Å²) in [6, 6.07) is 0. The van der Waals surface area contributed by atoms with Gasteiger partial charge in [0.1, 0.15) is 0 Å². The van der Waals surface area contributed by atoms with E-state index in [0.29, 0.717) is 19.7 Å². The highest BCUT2D eigenvalue weighted by Crippen LogP contribution is 2.26. The van der Waals surface area contributed by atoms with Crippen molar-refractivity contribution in [3.8, 4) is 0 Å². The number of nitrogens with one attached hydrogen (secondary N) is 1. The predicted octanol–water partition coefficient (Wildman–Crippen LogP) is 2.01. The van der Waals surface area contributed by atoms with Crippen LogP contribution in [0.4, 0.5) is 0 Å². The maximum Gasteiger partial charge on any atom is 0.310 e. The van der Waals surface area contributed by atoms with Crippen LogP contribution < -0.4 is 5.32 Å². The summed E-state index contributed by atoms with van der Waals surface area (Å²) in [6.07, 6.45) is 4.68. The lowest BCUT2D eigenvalue weighted by Gasteiger charge is -2.34. The van der Waals surface area contributed by atoms with Crippen LogP contribution >= 0.6 is 24.0 Å². The molecule has 2 rings (SSSR count). The minimum absolute atomic E-state index is 0. The first-order chi connectivity index (χ1) is 11.2. The Morgan fingerprint density at radius 2 is 2.08 bits per heavy atom. The SMILES string of the molecule is CCNC(=NCC1CCCC1O)N1CCCC(C(=O)OCC)C1.I. The molecule has 1 aliphatic heterocycles. The molecule has 24 heavy (non-hydrogen) atoms. The maximum absolute atomic E-state index is 12.0. The molecule has 6 nitrogen and oxygen atoms in total. The first kappa shape index (κ1) is 21.5. The van der Waals surface area contributed by atoms with Crippen molar-refractivity contribution in [1.82, 2.24) is 10.2 Å². The molecule has 0 radical (unpaired) electrons. The molecule has 1 heterocycles. The largest absolute Gasteiger partial charge is 0.466 e. The minimum Gasteiger partial charge on any atom is -0.466 e. The first-order valence-electron chi connectivity index (χ1n) is 9.03. The number of carbonyl (C=O) groups excluding carboxylic acids is 1. The Bertz CT molecular complexity index is 420. The zero-order valence-corrected chi connectivity index (χ0v) is 17.2. The van der Waals surface area contributed by atoms with Gasteiger partial charge in [0.25, 0.3) is 0 Å². The molecular weight excluding hydrogens is 421 g/mol. The summed E-state index contributed by atoms with van der Waals surface area (Å²) < 4.78 is 5.17. The van der Waals surface area contributed by atoms with E-state index in [0.717, 1.165) is 51.2 Å². The second-order valence-electron chi connectivity index (χ2n) is 6.49. The van der Waals surface area contributed by atoms with Crippen LogP contribution in [0.1, 0.15) is 46.0 Å². The number of ether oxygens (including phenoxy) is 1. The predicted molar refractivity (Wildman–Crippen MR) is 106 cm³/mol. The van der Waals surface area contributed by atoms with Crippen molar-refractivity contribution >= 4 is 35.9 Å². The normalized spacial score (nSPS) is 27.5. The van der Waals surface area contributed by atoms with Gasteiger partial charge in [-0.2, -0.15) is 0 Å². The zero-order valence-electron chi connectivity index (χ0n) is 14.9. The molecule has 7 heteroatoms. The third kappa shape index (κ3) is 6.06. The number of aliphatic imine (C=N–C) groups is 1. The van der Waals surface area contributed by atoms with Gasteiger partial charge in [-0.05, 0) is 39.5 Å². The van der Waals surface area contributed by atoms with Crippen LogP contribution in [-0.2, 0) is 9.53 Å². The number of aliphatic hydroxyl groups excluding tert-OH is 1. The number of hydrogen-bond donors (Lipinski definition) is 2. The highest BCUT2D eigenvalue weighted by molar-refractivity contribution is 14.0. The van der Waals surface area contributed by atoms with Gasteiger partial charge >= 0.3 is 5.97 Å². The van der Waals surface area contributed by atoms with Crippen LogP contribution in [0.3, 0.4) is 0 Å². The summed E-state index contributed by atoms with van der Waals surface area (Å²) in [5.41, 5.74) is 0. The minimum atomic E-state index is -0.213. The molecule has 140 valence electrons. The summed E-state index contributed by atoms with van der Waals surface area (Å²) in [7, 11) is 0. The second kappa shape index (κ2) is 11.1. The number of likely N-dealkylation sites (tertiary alicyclic amines) is 1. The summed E-state index contributed by atoms with van der Waals surface area (Å²) in [4.78, 5) is 18.9. The Morgan fingerprint density at radius 3 is 2.71 bits per heavy atom. The Labute approximate surface area is 162 Å². The smallest absolute Gasteiger partial charge is 0.310 e. The average molecular weight is 453 g/mol. The summed E-state index contributed by atoms with van der Waals surface area (Å²) in [6.45, 7) is 7.36. The molecule has 2 fully saturated rings. The molecule has 2 aliphatic rings. The Balaban J connectivity index is 0.00000288. The van der Waals surface area contributed by atoms with Gasteiger partial charge in [0, 0.05) is 32.1 Å². The van der Waals surface area contributed by atoms with Crippen molar-refractivity contribution in [2.24, 2.45) is 16.8 Å². The van der Waals surface area contributed by atoms with Gasteiger partial charge in [0.2, 0.25) is 0 Å². The Hall–Kier alpha value is -0.570. The molecule has 0 aromatic carbocycles. The number of aliphatic hydroxyl groups is 1. The number of hydrogen-bond acceptors (Lipinski definition) is 4. The van der Waals surface area contributed by atoms with Gasteiger partial charge < -0.3 is 20.1 Å². The van der Waals surface area contributed by atoms with Crippen molar-refractivity contribution < 1.29 is 14.6 Å². The fraction of sp³-hybridized carbons (Fsp3) is 0.882. The maximum atomic E-state index is 12.0. The lowest BCUT2D eigenvalue weighted by Crippen LogP contribution is -2.48. The van der Waals surface area contributed by atoms with E-state index in [2.05, 4.69) is 10.2 Å². The molecule has 0 aromatic rings. The lowest BCUT2D eigenvalue weighted by atomic mass is 9.98. The highest BCUT2D eigenvalue weighted by atomic mass is 127. The number of nitrogens with zero attached hydrogens (tertiary/aromatic N) is 2. The van der Waals surface area contributed by atoms with E-state index in [1.54, 1.807) is 0 Å². The van der Waals surface area contributed by atoms with E-state index >= 15 is 0 Å². The number of guanidine groups is 1.